The maximum absolute atomic E-state index is 12.1. The van der Waals surface area contributed by atoms with Crippen LogP contribution in [-0.2, 0) is 4.79 Å². The highest BCUT2D eigenvalue weighted by atomic mass is 16.2. The Labute approximate surface area is 98.9 Å². The van der Waals surface area contributed by atoms with Gasteiger partial charge in [-0.3, -0.25) is 10.2 Å². The number of likely N-dealkylation sites (tertiary alicyclic amines) is 1. The van der Waals surface area contributed by atoms with Crippen molar-refractivity contribution >= 4 is 5.91 Å². The summed E-state index contributed by atoms with van der Waals surface area (Å²) in [5.41, 5.74) is 2.58. The second-order valence-corrected chi connectivity index (χ2v) is 5.66. The molecule has 0 aromatic heterocycles. The molecule has 0 bridgehead atoms. The zero-order valence-corrected chi connectivity index (χ0v) is 11.2. The van der Waals surface area contributed by atoms with Gasteiger partial charge < -0.3 is 4.90 Å². The van der Waals surface area contributed by atoms with Crippen molar-refractivity contribution in [2.24, 2.45) is 11.3 Å². The first-order valence-electron chi connectivity index (χ1n) is 6.01. The molecule has 1 heterocycles. The number of rotatable bonds is 3. The van der Waals surface area contributed by atoms with Crippen LogP contribution in [0.2, 0.25) is 0 Å². The van der Waals surface area contributed by atoms with Crippen molar-refractivity contribution in [3.05, 3.63) is 0 Å². The summed E-state index contributed by atoms with van der Waals surface area (Å²) in [5.74, 6) is 0.573. The van der Waals surface area contributed by atoms with Crippen molar-refractivity contribution < 1.29 is 4.79 Å². The van der Waals surface area contributed by atoms with Crippen LogP contribution in [0.5, 0.6) is 0 Å². The van der Waals surface area contributed by atoms with Crippen LogP contribution in [0.4, 0.5) is 0 Å². The molecule has 1 unspecified atom stereocenters. The van der Waals surface area contributed by atoms with E-state index in [0.717, 1.165) is 19.5 Å². The SMILES string of the molecule is CN1CCCC(C(C)(C)C(=O)NN(C)C)C1. The molecule has 1 aliphatic rings. The van der Waals surface area contributed by atoms with Gasteiger partial charge in [-0.25, -0.2) is 5.01 Å². The summed E-state index contributed by atoms with van der Waals surface area (Å²) < 4.78 is 0. The predicted molar refractivity (Wildman–Crippen MR) is 65.8 cm³/mol. The van der Waals surface area contributed by atoms with Crippen LogP contribution in [0.15, 0.2) is 0 Å². The molecule has 1 atom stereocenters. The van der Waals surface area contributed by atoms with Gasteiger partial charge in [0.25, 0.3) is 0 Å². The van der Waals surface area contributed by atoms with E-state index in [0.29, 0.717) is 5.92 Å². The number of nitrogens with zero attached hydrogens (tertiary/aromatic N) is 2. The molecule has 1 rings (SSSR count). The van der Waals surface area contributed by atoms with E-state index in [1.54, 1.807) is 5.01 Å². The predicted octanol–water partition coefficient (Wildman–Crippen LogP) is 0.947. The summed E-state index contributed by atoms with van der Waals surface area (Å²) in [6.45, 7) is 6.28. The van der Waals surface area contributed by atoms with Gasteiger partial charge in [0.15, 0.2) is 0 Å². The molecule has 0 radical (unpaired) electrons. The molecule has 0 aliphatic carbocycles. The molecule has 1 amide bonds. The number of nitrogens with one attached hydrogen (secondary N) is 1. The Balaban J connectivity index is 2.64. The minimum Gasteiger partial charge on any atom is -0.306 e. The van der Waals surface area contributed by atoms with Gasteiger partial charge in [-0.1, -0.05) is 13.8 Å². The zero-order chi connectivity index (χ0) is 12.3. The smallest absolute Gasteiger partial charge is 0.240 e. The summed E-state index contributed by atoms with van der Waals surface area (Å²) >= 11 is 0. The monoisotopic (exact) mass is 227 g/mol. The molecule has 0 saturated carbocycles. The van der Waals surface area contributed by atoms with Crippen LogP contribution in [0.1, 0.15) is 26.7 Å². The molecule has 1 aliphatic heterocycles. The highest BCUT2D eigenvalue weighted by Crippen LogP contribution is 2.33. The van der Waals surface area contributed by atoms with Crippen LogP contribution in [0.3, 0.4) is 0 Å². The molecular formula is C12H25N3O. The number of hydrazine groups is 1. The molecule has 4 nitrogen and oxygen atoms in total. The number of hydrogen-bond donors (Lipinski definition) is 1. The molecule has 94 valence electrons. The Hall–Kier alpha value is -0.610. The van der Waals surface area contributed by atoms with Crippen LogP contribution >= 0.6 is 0 Å². The Morgan fingerprint density at radius 1 is 1.44 bits per heavy atom. The summed E-state index contributed by atoms with van der Waals surface area (Å²) in [4.78, 5) is 14.4. The van der Waals surface area contributed by atoms with Gasteiger partial charge in [0.05, 0.1) is 0 Å². The van der Waals surface area contributed by atoms with Crippen LogP contribution in [0, 0.1) is 11.3 Å². The van der Waals surface area contributed by atoms with Gasteiger partial charge in [-0.2, -0.15) is 0 Å². The van der Waals surface area contributed by atoms with Gasteiger partial charge in [0, 0.05) is 26.1 Å². The third-order valence-corrected chi connectivity index (χ3v) is 3.56. The minimum atomic E-state index is -0.293. The van der Waals surface area contributed by atoms with Crippen molar-refractivity contribution in [1.82, 2.24) is 15.3 Å². The first kappa shape index (κ1) is 13.5. The zero-order valence-electron chi connectivity index (χ0n) is 11.2. The van der Waals surface area contributed by atoms with E-state index in [-0.39, 0.29) is 11.3 Å². The van der Waals surface area contributed by atoms with Crippen LogP contribution in [-0.4, -0.2) is 50.0 Å². The fourth-order valence-corrected chi connectivity index (χ4v) is 2.29. The fourth-order valence-electron chi connectivity index (χ4n) is 2.29. The number of piperidine rings is 1. The van der Waals surface area contributed by atoms with E-state index in [2.05, 4.69) is 31.2 Å². The average Bonchev–Trinajstić information content (AvgIpc) is 2.16. The molecule has 1 saturated heterocycles. The maximum atomic E-state index is 12.1. The summed E-state index contributed by atoms with van der Waals surface area (Å²) in [6, 6.07) is 0. The van der Waals surface area contributed by atoms with Crippen LogP contribution < -0.4 is 5.43 Å². The van der Waals surface area contributed by atoms with E-state index in [9.17, 15) is 4.79 Å². The summed E-state index contributed by atoms with van der Waals surface area (Å²) in [7, 11) is 5.83. The standard InChI is InChI=1S/C12H25N3O/c1-12(2,11(16)13-14(3)4)10-7-6-8-15(5)9-10/h10H,6-9H2,1-5H3,(H,13,16). The average molecular weight is 227 g/mol. The molecule has 0 aromatic rings. The molecule has 16 heavy (non-hydrogen) atoms. The highest BCUT2D eigenvalue weighted by Gasteiger charge is 2.38. The minimum absolute atomic E-state index is 0.123. The second kappa shape index (κ2) is 5.15. The van der Waals surface area contributed by atoms with Crippen molar-refractivity contribution in [1.29, 1.82) is 0 Å². The first-order valence-corrected chi connectivity index (χ1v) is 6.01. The largest absolute Gasteiger partial charge is 0.306 e. The second-order valence-electron chi connectivity index (χ2n) is 5.66. The van der Waals surface area contributed by atoms with Gasteiger partial charge in [-0.05, 0) is 32.4 Å². The van der Waals surface area contributed by atoms with E-state index in [1.807, 2.05) is 14.1 Å². The molecule has 1 fully saturated rings. The van der Waals surface area contributed by atoms with Crippen LogP contribution in [0.25, 0.3) is 0 Å². The normalized spacial score (nSPS) is 23.5. The third kappa shape index (κ3) is 3.19. The van der Waals surface area contributed by atoms with Crippen molar-refractivity contribution in [3.8, 4) is 0 Å². The molecule has 1 N–H and O–H groups in total. The lowest BCUT2D eigenvalue weighted by Gasteiger charge is -2.39. The Kier molecular flexibility index (Phi) is 4.33. The number of amides is 1. The first-order chi connectivity index (χ1) is 7.34. The van der Waals surface area contributed by atoms with Crippen molar-refractivity contribution in [2.75, 3.05) is 34.2 Å². The number of carbonyl (C=O) groups is 1. The molecule has 0 spiro atoms. The van der Waals surface area contributed by atoms with E-state index < -0.39 is 0 Å². The number of carbonyl (C=O) groups excluding carboxylic acids is 1. The molecular weight excluding hydrogens is 202 g/mol. The van der Waals surface area contributed by atoms with E-state index in [1.165, 1.54) is 6.42 Å². The van der Waals surface area contributed by atoms with Crippen molar-refractivity contribution in [3.63, 3.8) is 0 Å². The lowest BCUT2D eigenvalue weighted by atomic mass is 9.74. The summed E-state index contributed by atoms with van der Waals surface area (Å²) in [5, 5.41) is 1.72. The van der Waals surface area contributed by atoms with Gasteiger partial charge in [0.1, 0.15) is 0 Å². The highest BCUT2D eigenvalue weighted by molar-refractivity contribution is 5.81. The Morgan fingerprint density at radius 3 is 2.56 bits per heavy atom. The third-order valence-electron chi connectivity index (χ3n) is 3.56. The fraction of sp³-hybridized carbons (Fsp3) is 0.917. The van der Waals surface area contributed by atoms with Gasteiger partial charge in [-0.15, -0.1) is 0 Å². The Morgan fingerprint density at radius 2 is 2.06 bits per heavy atom. The van der Waals surface area contributed by atoms with Gasteiger partial charge >= 0.3 is 0 Å². The lowest BCUT2D eigenvalue weighted by molar-refractivity contribution is -0.137. The molecule has 4 heteroatoms. The molecule has 0 aromatic carbocycles. The van der Waals surface area contributed by atoms with E-state index >= 15 is 0 Å². The van der Waals surface area contributed by atoms with Crippen molar-refractivity contribution in [2.45, 2.75) is 26.7 Å². The maximum Gasteiger partial charge on any atom is 0.240 e. The quantitative estimate of drug-likeness (QED) is 0.729. The van der Waals surface area contributed by atoms with E-state index in [4.69, 9.17) is 0 Å². The topological polar surface area (TPSA) is 35.6 Å². The Bertz CT molecular complexity index is 251. The van der Waals surface area contributed by atoms with Gasteiger partial charge in [0.2, 0.25) is 5.91 Å². The number of hydrogen-bond acceptors (Lipinski definition) is 3. The summed E-state index contributed by atoms with van der Waals surface area (Å²) in [6.07, 6.45) is 2.35. The lowest BCUT2D eigenvalue weighted by Crippen LogP contribution is -2.50.